The van der Waals surface area contributed by atoms with Gasteiger partial charge in [0.2, 0.25) is 0 Å². The van der Waals surface area contributed by atoms with Crippen LogP contribution in [-0.4, -0.2) is 0 Å². The van der Waals surface area contributed by atoms with Crippen LogP contribution >= 0.6 is 0 Å². The van der Waals surface area contributed by atoms with Gasteiger partial charge in [0.1, 0.15) is 11.2 Å². The molecule has 0 bridgehead atoms. The highest BCUT2D eigenvalue weighted by atomic mass is 16.3. The third kappa shape index (κ3) is 5.51. The van der Waals surface area contributed by atoms with Crippen LogP contribution in [0.4, 0.5) is 17.1 Å². The average Bonchev–Trinajstić information content (AvgIpc) is 3.75. The van der Waals surface area contributed by atoms with E-state index in [1.54, 1.807) is 11.0 Å². The van der Waals surface area contributed by atoms with Gasteiger partial charge in [-0.15, -0.1) is 0 Å². The maximum Gasteiger partial charge on any atom is 0.143 e. The van der Waals surface area contributed by atoms with Crippen LogP contribution in [0.2, 0.25) is 0 Å². The molecule has 0 aliphatic carbocycles. The first-order valence-electron chi connectivity index (χ1n) is 23.8. The molecule has 0 saturated heterocycles. The maximum absolute atomic E-state index is 9.66. The van der Waals surface area contributed by atoms with Gasteiger partial charge in [-0.25, -0.2) is 0 Å². The molecule has 0 radical (unpaired) electrons. The summed E-state index contributed by atoms with van der Waals surface area (Å²) in [4.78, 5) is 1.67. The van der Waals surface area contributed by atoms with Gasteiger partial charge >= 0.3 is 0 Å². The highest BCUT2D eigenvalue weighted by Gasteiger charge is 2.20. The highest BCUT2D eigenvalue weighted by molar-refractivity contribution is 6.19. The molecule has 0 saturated carbocycles. The summed E-state index contributed by atoms with van der Waals surface area (Å²) in [5.41, 5.74) is 5.21. The summed E-state index contributed by atoms with van der Waals surface area (Å²) in [6.07, 6.45) is 0. The molecule has 0 aliphatic heterocycles. The Kier molecular flexibility index (Phi) is 5.34. The van der Waals surface area contributed by atoms with Crippen molar-refractivity contribution in [3.8, 4) is 33.4 Å². The average molecular weight is 725 g/mol. The van der Waals surface area contributed by atoms with Crippen LogP contribution in [0.15, 0.2) is 216 Å². The molecule has 56 heavy (non-hydrogen) atoms. The molecule has 0 spiro atoms. The van der Waals surface area contributed by atoms with Crippen molar-refractivity contribution in [2.75, 3.05) is 4.90 Å². The number of nitrogens with zero attached hydrogens (tertiary/aromatic N) is 1. The molecule has 0 atom stereocenters. The Morgan fingerprint density at radius 3 is 1.84 bits per heavy atom. The molecule has 1 aromatic heterocycles. The van der Waals surface area contributed by atoms with E-state index >= 15 is 0 Å². The maximum atomic E-state index is 9.66. The van der Waals surface area contributed by atoms with Crippen LogP contribution in [0.5, 0.6) is 0 Å². The van der Waals surface area contributed by atoms with Crippen LogP contribution in [-0.2, 0) is 0 Å². The monoisotopic (exact) mass is 724 g/mol. The second-order valence-corrected chi connectivity index (χ2v) is 13.7. The first-order chi connectivity index (χ1) is 32.3. The Hall–Kier alpha value is -7.42. The highest BCUT2D eigenvalue weighted by Crippen LogP contribution is 2.45. The number of rotatable bonds is 6. The zero-order chi connectivity index (χ0) is 46.6. The zero-order valence-electron chi connectivity index (χ0n) is 40.7. The van der Waals surface area contributed by atoms with Crippen molar-refractivity contribution in [3.63, 3.8) is 0 Å². The minimum atomic E-state index is -0.657. The minimum Gasteiger partial charge on any atom is -0.455 e. The number of furan rings is 1. The molecule has 2 heteroatoms. The Morgan fingerprint density at radius 2 is 1.04 bits per heavy atom. The second-order valence-electron chi connectivity index (χ2n) is 13.7. The van der Waals surface area contributed by atoms with Crippen molar-refractivity contribution in [2.24, 2.45) is 0 Å². The molecule has 0 N–H and O–H groups in total. The van der Waals surface area contributed by atoms with Crippen molar-refractivity contribution in [3.05, 3.63) is 212 Å². The van der Waals surface area contributed by atoms with E-state index in [0.717, 1.165) is 43.8 Å². The lowest BCUT2D eigenvalue weighted by molar-refractivity contribution is 0.672. The smallest absolute Gasteiger partial charge is 0.143 e. The Morgan fingerprint density at radius 1 is 0.393 bits per heavy atom. The standard InChI is InChI=1S/C54H35NO/c1-3-11-43-34-45(22-20-36(43)8-1)40-18-16-38(17-19-40)39-24-29-47(30-25-39)55(48-31-26-41(27-32-48)46-23-21-37-9-2-4-12-44(37)35-46)51-14-7-15-52-53(51)50-33-28-42-10-5-6-13-49(42)54(50)56-52/h1-35H/i2D,4D,9D,12D,21D,23D,26D,27D,31D,32D,35D. The van der Waals surface area contributed by atoms with Crippen molar-refractivity contribution in [1.82, 2.24) is 0 Å². The molecule has 2 nitrogen and oxygen atoms in total. The van der Waals surface area contributed by atoms with Gasteiger partial charge in [0.05, 0.1) is 26.2 Å². The summed E-state index contributed by atoms with van der Waals surface area (Å²) < 4.78 is 105. The normalized spacial score (nSPS) is 14.3. The second kappa shape index (κ2) is 13.2. The lowest BCUT2D eigenvalue weighted by Gasteiger charge is -2.26. The molecule has 0 unspecified atom stereocenters. The van der Waals surface area contributed by atoms with Gasteiger partial charge in [0, 0.05) is 22.1 Å². The van der Waals surface area contributed by atoms with Crippen molar-refractivity contribution in [2.45, 2.75) is 0 Å². The Bertz CT molecular complexity index is 3860. The van der Waals surface area contributed by atoms with Gasteiger partial charge in [-0.3, -0.25) is 0 Å². The summed E-state index contributed by atoms with van der Waals surface area (Å²) in [7, 11) is 0. The minimum absolute atomic E-state index is 0.124. The Balaban J connectivity index is 1.10. The van der Waals surface area contributed by atoms with E-state index in [0.29, 0.717) is 27.9 Å². The van der Waals surface area contributed by atoms with E-state index in [1.165, 1.54) is 5.39 Å². The van der Waals surface area contributed by atoms with E-state index in [9.17, 15) is 6.85 Å². The fourth-order valence-electron chi connectivity index (χ4n) is 7.59. The molecule has 10 aromatic carbocycles. The molecule has 262 valence electrons. The number of anilines is 3. The summed E-state index contributed by atoms with van der Waals surface area (Å²) >= 11 is 0. The first-order valence-corrected chi connectivity index (χ1v) is 18.3. The largest absolute Gasteiger partial charge is 0.455 e. The molecule has 11 rings (SSSR count). The first kappa shape index (κ1) is 22.7. The van der Waals surface area contributed by atoms with Crippen LogP contribution in [0.3, 0.4) is 0 Å². The number of hydrogen-bond donors (Lipinski definition) is 0. The number of benzene rings is 10. The van der Waals surface area contributed by atoms with Gasteiger partial charge in [-0.2, -0.15) is 0 Å². The van der Waals surface area contributed by atoms with E-state index in [1.807, 2.05) is 84.9 Å². The molecule has 0 fully saturated rings. The number of hydrogen-bond acceptors (Lipinski definition) is 2. The summed E-state index contributed by atoms with van der Waals surface area (Å²) in [5, 5.41) is 4.95. The van der Waals surface area contributed by atoms with Crippen LogP contribution < -0.4 is 4.90 Å². The summed E-state index contributed by atoms with van der Waals surface area (Å²) in [6.45, 7) is 0. The van der Waals surface area contributed by atoms with Crippen molar-refractivity contribution >= 4 is 71.3 Å². The van der Waals surface area contributed by atoms with E-state index in [4.69, 9.17) is 12.6 Å². The van der Waals surface area contributed by atoms with Gasteiger partial charge in [-0.05, 0) is 115 Å². The van der Waals surface area contributed by atoms with Crippen LogP contribution in [0.1, 0.15) is 15.1 Å². The number of fused-ring (bicyclic) bond motifs is 7. The molecule has 1 heterocycles. The molecular weight excluding hydrogens is 679 g/mol. The van der Waals surface area contributed by atoms with Crippen LogP contribution in [0, 0.1) is 0 Å². The van der Waals surface area contributed by atoms with Crippen LogP contribution in [0.25, 0.3) is 87.6 Å². The third-order valence-corrected chi connectivity index (χ3v) is 10.4. The fourth-order valence-corrected chi connectivity index (χ4v) is 7.59. The summed E-state index contributed by atoms with van der Waals surface area (Å²) in [5.74, 6) is 0. The predicted octanol–water partition coefficient (Wildman–Crippen LogP) is 15.5. The van der Waals surface area contributed by atoms with Gasteiger partial charge in [0.15, 0.2) is 0 Å². The fraction of sp³-hybridized carbons (Fsp3) is 0. The van der Waals surface area contributed by atoms with Gasteiger partial charge < -0.3 is 9.32 Å². The topological polar surface area (TPSA) is 16.4 Å². The molecule has 0 aliphatic rings. The van der Waals surface area contributed by atoms with Gasteiger partial charge in [0.25, 0.3) is 0 Å². The van der Waals surface area contributed by atoms with Gasteiger partial charge in [-0.1, -0.05) is 158 Å². The SMILES string of the molecule is [2H]c1c([2H])c(N(c2ccc(-c3ccc(-c4ccc5ccccc5c4)cc3)cc2)c2cccc3oc4c5ccccc5ccc4c23)c([2H])c([2H])c1-c1c([2H])c([2H])c2c([2H])c([2H])c([2H])c([2H])c2c1[2H]. The summed E-state index contributed by atoms with van der Waals surface area (Å²) in [6, 6.07) is 41.3. The molecule has 0 amide bonds. The van der Waals surface area contributed by atoms with Crippen molar-refractivity contribution < 1.29 is 19.5 Å². The molecule has 11 aromatic rings. The van der Waals surface area contributed by atoms with E-state index < -0.39 is 77.6 Å². The lowest BCUT2D eigenvalue weighted by Crippen LogP contribution is -2.10. The van der Waals surface area contributed by atoms with E-state index in [-0.39, 0.29) is 16.5 Å². The Labute approximate surface area is 340 Å². The van der Waals surface area contributed by atoms with Crippen molar-refractivity contribution in [1.29, 1.82) is 0 Å². The third-order valence-electron chi connectivity index (χ3n) is 10.4. The lowest BCUT2D eigenvalue weighted by atomic mass is 9.98. The quantitative estimate of drug-likeness (QED) is 0.170. The predicted molar refractivity (Wildman–Crippen MR) is 237 cm³/mol. The molecular formula is C54H35NO. The van der Waals surface area contributed by atoms with E-state index in [2.05, 4.69) is 54.6 Å². The zero-order valence-corrected chi connectivity index (χ0v) is 29.7.